The van der Waals surface area contributed by atoms with Gasteiger partial charge in [0.25, 0.3) is 0 Å². The predicted molar refractivity (Wildman–Crippen MR) is 151 cm³/mol. The number of pyridine rings is 1. The summed E-state index contributed by atoms with van der Waals surface area (Å²) < 4.78 is 6.59. The highest BCUT2D eigenvalue weighted by atomic mass is 16.3. The maximum atomic E-state index is 6.59. The molecule has 0 aliphatic heterocycles. The molecule has 6 rings (SSSR count). The fourth-order valence-electron chi connectivity index (χ4n) is 5.09. The standard InChI is InChI=1S/C34H29NO/c1-34(2,3)22-23-18-19-35-30(20-23)28-16-15-27(25-12-8-5-9-13-25)32-29-21-26(24-10-6-4-7-11-24)14-17-31(29)36-33(28)32/h4-21H,22H2,1-3H3. The topological polar surface area (TPSA) is 26.0 Å². The van der Waals surface area contributed by atoms with Crippen molar-refractivity contribution >= 4 is 21.9 Å². The molecule has 2 heteroatoms. The summed E-state index contributed by atoms with van der Waals surface area (Å²) in [6, 6.07) is 36.3. The van der Waals surface area contributed by atoms with Crippen LogP contribution in [-0.2, 0) is 6.42 Å². The van der Waals surface area contributed by atoms with E-state index in [1.807, 2.05) is 6.20 Å². The molecule has 0 aliphatic rings. The summed E-state index contributed by atoms with van der Waals surface area (Å²) >= 11 is 0. The molecule has 0 spiro atoms. The van der Waals surface area contributed by atoms with Gasteiger partial charge in [0, 0.05) is 22.5 Å². The van der Waals surface area contributed by atoms with Crippen molar-refractivity contribution in [2.75, 3.05) is 0 Å². The second kappa shape index (κ2) is 8.80. The number of furan rings is 1. The van der Waals surface area contributed by atoms with Crippen molar-refractivity contribution in [1.82, 2.24) is 4.98 Å². The molecule has 0 bridgehead atoms. The number of hydrogen-bond acceptors (Lipinski definition) is 2. The summed E-state index contributed by atoms with van der Waals surface area (Å²) in [7, 11) is 0. The van der Waals surface area contributed by atoms with Crippen molar-refractivity contribution in [1.29, 1.82) is 0 Å². The molecule has 2 nitrogen and oxygen atoms in total. The summed E-state index contributed by atoms with van der Waals surface area (Å²) in [5, 5.41) is 2.26. The van der Waals surface area contributed by atoms with Gasteiger partial charge in [0.05, 0.1) is 5.69 Å². The Kier molecular flexibility index (Phi) is 5.45. The van der Waals surface area contributed by atoms with Gasteiger partial charge in [0.2, 0.25) is 0 Å². The third kappa shape index (κ3) is 4.20. The summed E-state index contributed by atoms with van der Waals surface area (Å²) in [6.45, 7) is 6.80. The number of nitrogens with zero attached hydrogens (tertiary/aromatic N) is 1. The third-order valence-corrected chi connectivity index (χ3v) is 6.65. The largest absolute Gasteiger partial charge is 0.455 e. The van der Waals surface area contributed by atoms with E-state index in [9.17, 15) is 0 Å². The van der Waals surface area contributed by atoms with E-state index in [-0.39, 0.29) is 5.41 Å². The van der Waals surface area contributed by atoms with E-state index in [1.54, 1.807) is 0 Å². The zero-order valence-corrected chi connectivity index (χ0v) is 21.0. The summed E-state index contributed by atoms with van der Waals surface area (Å²) in [5.74, 6) is 0. The molecular formula is C34H29NO. The van der Waals surface area contributed by atoms with Crippen molar-refractivity contribution in [3.8, 4) is 33.5 Å². The molecule has 0 radical (unpaired) electrons. The molecule has 0 saturated carbocycles. The second-order valence-electron chi connectivity index (χ2n) is 10.7. The molecule has 176 valence electrons. The van der Waals surface area contributed by atoms with Crippen LogP contribution in [-0.4, -0.2) is 4.98 Å². The Hall–Kier alpha value is -4.17. The Morgan fingerprint density at radius 2 is 1.36 bits per heavy atom. The molecule has 2 aromatic heterocycles. The fourth-order valence-corrected chi connectivity index (χ4v) is 5.09. The zero-order valence-electron chi connectivity index (χ0n) is 21.0. The summed E-state index contributed by atoms with van der Waals surface area (Å²) in [5.41, 5.74) is 9.97. The van der Waals surface area contributed by atoms with Gasteiger partial charge in [-0.25, -0.2) is 0 Å². The summed E-state index contributed by atoms with van der Waals surface area (Å²) in [4.78, 5) is 4.77. The van der Waals surface area contributed by atoms with E-state index in [0.29, 0.717) is 0 Å². The average molecular weight is 468 g/mol. The van der Waals surface area contributed by atoms with Crippen LogP contribution in [0.15, 0.2) is 114 Å². The number of benzene rings is 4. The maximum Gasteiger partial charge on any atom is 0.145 e. The van der Waals surface area contributed by atoms with Crippen LogP contribution in [0.1, 0.15) is 26.3 Å². The van der Waals surface area contributed by atoms with Crippen molar-refractivity contribution in [2.45, 2.75) is 27.2 Å². The van der Waals surface area contributed by atoms with Crippen molar-refractivity contribution in [3.63, 3.8) is 0 Å². The second-order valence-corrected chi connectivity index (χ2v) is 10.7. The third-order valence-electron chi connectivity index (χ3n) is 6.65. The van der Waals surface area contributed by atoms with Crippen molar-refractivity contribution in [3.05, 3.63) is 115 Å². The molecule has 0 unspecified atom stereocenters. The van der Waals surface area contributed by atoms with Crippen LogP contribution in [0.5, 0.6) is 0 Å². The molecule has 36 heavy (non-hydrogen) atoms. The molecule has 4 aromatic carbocycles. The first-order valence-corrected chi connectivity index (χ1v) is 12.5. The number of hydrogen-bond donors (Lipinski definition) is 0. The van der Waals surface area contributed by atoms with Crippen LogP contribution in [0.25, 0.3) is 55.4 Å². The van der Waals surface area contributed by atoms with Crippen LogP contribution in [0.2, 0.25) is 0 Å². The molecular weight excluding hydrogens is 438 g/mol. The quantitative estimate of drug-likeness (QED) is 0.258. The van der Waals surface area contributed by atoms with Crippen molar-refractivity contribution < 1.29 is 4.42 Å². The van der Waals surface area contributed by atoms with Gasteiger partial charge >= 0.3 is 0 Å². The number of fused-ring (bicyclic) bond motifs is 3. The first-order valence-electron chi connectivity index (χ1n) is 12.5. The molecule has 0 aliphatic carbocycles. The smallest absolute Gasteiger partial charge is 0.145 e. The van der Waals surface area contributed by atoms with Crippen LogP contribution < -0.4 is 0 Å². The fraction of sp³-hybridized carbons (Fsp3) is 0.147. The minimum Gasteiger partial charge on any atom is -0.455 e. The Morgan fingerprint density at radius 3 is 2.08 bits per heavy atom. The van der Waals surface area contributed by atoms with E-state index in [1.165, 1.54) is 27.8 Å². The molecule has 0 amide bonds. The lowest BCUT2D eigenvalue weighted by molar-refractivity contribution is 0.411. The van der Waals surface area contributed by atoms with Gasteiger partial charge in [0.1, 0.15) is 11.2 Å². The molecule has 0 atom stereocenters. The van der Waals surface area contributed by atoms with E-state index in [4.69, 9.17) is 9.40 Å². The van der Waals surface area contributed by atoms with E-state index in [2.05, 4.69) is 124 Å². The molecule has 0 N–H and O–H groups in total. The average Bonchev–Trinajstić information content (AvgIpc) is 3.27. The van der Waals surface area contributed by atoms with Gasteiger partial charge in [-0.1, -0.05) is 93.6 Å². The Balaban J connectivity index is 1.61. The van der Waals surface area contributed by atoms with Crippen molar-refractivity contribution in [2.24, 2.45) is 5.41 Å². The van der Waals surface area contributed by atoms with E-state index < -0.39 is 0 Å². The highest BCUT2D eigenvalue weighted by Crippen LogP contribution is 2.42. The number of aromatic nitrogens is 1. The molecule has 0 saturated heterocycles. The molecule has 0 fully saturated rings. The predicted octanol–water partition coefficient (Wildman–Crippen LogP) is 9.57. The first-order chi connectivity index (χ1) is 17.5. The lowest BCUT2D eigenvalue weighted by Gasteiger charge is -2.18. The van der Waals surface area contributed by atoms with Gasteiger partial charge in [-0.15, -0.1) is 0 Å². The van der Waals surface area contributed by atoms with E-state index in [0.717, 1.165) is 39.6 Å². The van der Waals surface area contributed by atoms with Crippen LogP contribution >= 0.6 is 0 Å². The maximum absolute atomic E-state index is 6.59. The minimum atomic E-state index is 0.207. The van der Waals surface area contributed by atoms with E-state index >= 15 is 0 Å². The first kappa shape index (κ1) is 22.3. The van der Waals surface area contributed by atoms with Gasteiger partial charge in [0.15, 0.2) is 0 Å². The highest BCUT2D eigenvalue weighted by molar-refractivity contribution is 6.16. The van der Waals surface area contributed by atoms with Gasteiger partial charge in [-0.3, -0.25) is 4.98 Å². The zero-order chi connectivity index (χ0) is 24.7. The summed E-state index contributed by atoms with van der Waals surface area (Å²) in [6.07, 6.45) is 2.91. The van der Waals surface area contributed by atoms with Crippen LogP contribution in [0.4, 0.5) is 0 Å². The van der Waals surface area contributed by atoms with Crippen LogP contribution in [0.3, 0.4) is 0 Å². The SMILES string of the molecule is CC(C)(C)Cc1ccnc(-c2ccc(-c3ccccc3)c3c2oc2ccc(-c4ccccc4)cc23)c1. The molecule has 2 heterocycles. The monoisotopic (exact) mass is 467 g/mol. The Morgan fingerprint density at radius 1 is 0.667 bits per heavy atom. The lowest BCUT2D eigenvalue weighted by Crippen LogP contribution is -2.09. The molecule has 6 aromatic rings. The normalized spacial score (nSPS) is 11.9. The Labute approximate surface area is 212 Å². The van der Waals surface area contributed by atoms with Gasteiger partial charge < -0.3 is 4.42 Å². The Bertz CT molecular complexity index is 1670. The van der Waals surface area contributed by atoms with Gasteiger partial charge in [-0.05, 0) is 70.0 Å². The highest BCUT2D eigenvalue weighted by Gasteiger charge is 2.19. The van der Waals surface area contributed by atoms with Gasteiger partial charge in [-0.2, -0.15) is 0 Å². The minimum absolute atomic E-state index is 0.207. The lowest BCUT2D eigenvalue weighted by atomic mass is 9.88. The number of rotatable bonds is 4. The van der Waals surface area contributed by atoms with Crippen LogP contribution in [0, 0.1) is 5.41 Å².